The highest BCUT2D eigenvalue weighted by molar-refractivity contribution is 6.30. The van der Waals surface area contributed by atoms with Crippen molar-refractivity contribution in [3.8, 4) is 35.2 Å². The first-order chi connectivity index (χ1) is 17.0. The van der Waals surface area contributed by atoms with E-state index in [1.165, 1.54) is 6.20 Å². The van der Waals surface area contributed by atoms with Crippen molar-refractivity contribution in [2.75, 3.05) is 18.1 Å². The summed E-state index contributed by atoms with van der Waals surface area (Å²) < 4.78 is 12.4. The zero-order valence-electron chi connectivity index (χ0n) is 18.9. The molecule has 11 heteroatoms. The molecule has 5 heterocycles. The van der Waals surface area contributed by atoms with E-state index in [2.05, 4.69) is 44.1 Å². The highest BCUT2D eigenvalue weighted by Crippen LogP contribution is 2.34. The second-order valence-corrected chi connectivity index (χ2v) is 8.69. The third kappa shape index (κ3) is 4.32. The maximum absolute atomic E-state index is 11.6. The standard InChI is InChI=1S/C24H22ClN7O3/c1-4-6-7-17-12-32(14(3)13-34-17)23-28-18-9-19(22-29-24(33)35-30-22)27-20(21(18)31(23)5-2)15-8-16(25)11-26-10-15/h2,4,8-11,14,17H,1,6-7,12-13H2,3H3,(H,29,30,33). The number of anilines is 1. The molecule has 0 radical (unpaired) electrons. The first-order valence-electron chi connectivity index (χ1n) is 11.0. The molecule has 0 saturated carbocycles. The number of halogens is 1. The number of terminal acetylenes is 1. The van der Waals surface area contributed by atoms with Crippen LogP contribution in [0.4, 0.5) is 5.95 Å². The maximum atomic E-state index is 11.6. The van der Waals surface area contributed by atoms with E-state index in [1.54, 1.807) is 22.9 Å². The molecule has 0 aliphatic carbocycles. The van der Waals surface area contributed by atoms with Crippen molar-refractivity contribution in [3.63, 3.8) is 0 Å². The summed E-state index contributed by atoms with van der Waals surface area (Å²) in [6, 6.07) is 6.25. The molecule has 178 valence electrons. The molecule has 5 rings (SSSR count). The summed E-state index contributed by atoms with van der Waals surface area (Å²) in [5.41, 5.74) is 2.69. The summed E-state index contributed by atoms with van der Waals surface area (Å²) in [5, 5.41) is 4.22. The molecular formula is C24H22ClN7O3. The van der Waals surface area contributed by atoms with Crippen LogP contribution in [0, 0.1) is 12.5 Å². The van der Waals surface area contributed by atoms with Crippen molar-refractivity contribution in [2.24, 2.45) is 0 Å². The first-order valence-corrected chi connectivity index (χ1v) is 11.4. The quantitative estimate of drug-likeness (QED) is 0.322. The van der Waals surface area contributed by atoms with Gasteiger partial charge in [-0.15, -0.1) is 6.58 Å². The fourth-order valence-electron chi connectivity index (χ4n) is 4.18. The normalized spacial score (nSPS) is 18.0. The van der Waals surface area contributed by atoms with Crippen LogP contribution >= 0.6 is 11.6 Å². The number of pyridine rings is 2. The molecule has 0 aromatic carbocycles. The van der Waals surface area contributed by atoms with Crippen LogP contribution < -0.4 is 10.7 Å². The second kappa shape index (κ2) is 9.37. The predicted molar refractivity (Wildman–Crippen MR) is 132 cm³/mol. The van der Waals surface area contributed by atoms with E-state index in [0.717, 1.165) is 12.8 Å². The number of hydrogen-bond donors (Lipinski definition) is 1. The van der Waals surface area contributed by atoms with Gasteiger partial charge in [-0.1, -0.05) is 29.3 Å². The molecule has 0 bridgehead atoms. The zero-order chi connectivity index (χ0) is 24.5. The van der Waals surface area contributed by atoms with E-state index in [1.807, 2.05) is 6.08 Å². The van der Waals surface area contributed by atoms with Crippen molar-refractivity contribution in [3.05, 3.63) is 52.8 Å². The lowest BCUT2D eigenvalue weighted by Gasteiger charge is -2.38. The van der Waals surface area contributed by atoms with Crippen LogP contribution in [-0.4, -0.2) is 55.0 Å². The largest absolute Gasteiger partial charge is 0.439 e. The maximum Gasteiger partial charge on any atom is 0.439 e. The van der Waals surface area contributed by atoms with Gasteiger partial charge in [-0.25, -0.2) is 19.3 Å². The Hall–Kier alpha value is -3.94. The van der Waals surface area contributed by atoms with Crippen LogP contribution in [0.3, 0.4) is 0 Å². The van der Waals surface area contributed by atoms with Gasteiger partial charge in [0.2, 0.25) is 11.8 Å². The zero-order valence-corrected chi connectivity index (χ0v) is 19.7. The van der Waals surface area contributed by atoms with E-state index in [4.69, 9.17) is 32.7 Å². The van der Waals surface area contributed by atoms with Crippen molar-refractivity contribution in [2.45, 2.75) is 31.9 Å². The van der Waals surface area contributed by atoms with Gasteiger partial charge >= 0.3 is 5.76 Å². The average Bonchev–Trinajstić information content (AvgIpc) is 3.46. The summed E-state index contributed by atoms with van der Waals surface area (Å²) in [4.78, 5) is 30.1. The van der Waals surface area contributed by atoms with Crippen LogP contribution in [0.2, 0.25) is 5.02 Å². The molecule has 0 spiro atoms. The predicted octanol–water partition coefficient (Wildman–Crippen LogP) is 3.49. The number of fused-ring (bicyclic) bond motifs is 1. The summed E-state index contributed by atoms with van der Waals surface area (Å²) in [7, 11) is 0. The van der Waals surface area contributed by atoms with Crippen LogP contribution in [-0.2, 0) is 4.74 Å². The molecule has 4 aromatic heterocycles. The van der Waals surface area contributed by atoms with Gasteiger partial charge in [0.1, 0.15) is 11.2 Å². The van der Waals surface area contributed by atoms with Gasteiger partial charge in [0.25, 0.3) is 0 Å². The molecule has 1 N–H and O–H groups in total. The number of rotatable bonds is 6. The molecule has 1 saturated heterocycles. The number of hydrogen-bond acceptors (Lipinski definition) is 8. The Bertz CT molecular complexity index is 1500. The van der Waals surface area contributed by atoms with Gasteiger partial charge in [-0.2, -0.15) is 0 Å². The van der Waals surface area contributed by atoms with Gasteiger partial charge < -0.3 is 9.64 Å². The van der Waals surface area contributed by atoms with Gasteiger partial charge in [0, 0.05) is 30.5 Å². The van der Waals surface area contributed by atoms with Gasteiger partial charge in [-0.05, 0) is 31.9 Å². The SMILES string of the molecule is C#Cn1c(N2CC(CCC=C)OCC2C)nc2cc(-c3noc(=O)[nH]3)nc(-c3cncc(Cl)c3)c21. The molecule has 1 aliphatic rings. The molecule has 2 atom stereocenters. The minimum Gasteiger partial charge on any atom is -0.374 e. The minimum atomic E-state index is -0.685. The number of imidazole rings is 1. The second-order valence-electron chi connectivity index (χ2n) is 8.26. The molecule has 1 aliphatic heterocycles. The number of nitrogens with one attached hydrogen (secondary N) is 1. The minimum absolute atomic E-state index is 0.0285. The van der Waals surface area contributed by atoms with Crippen molar-refractivity contribution in [1.82, 2.24) is 29.7 Å². The van der Waals surface area contributed by atoms with E-state index in [0.29, 0.717) is 52.1 Å². The lowest BCUT2D eigenvalue weighted by atomic mass is 10.1. The molecule has 1 fully saturated rings. The van der Waals surface area contributed by atoms with E-state index < -0.39 is 5.76 Å². The smallest absolute Gasteiger partial charge is 0.374 e. The number of nitrogens with zero attached hydrogens (tertiary/aromatic N) is 6. The number of aromatic amines is 1. The van der Waals surface area contributed by atoms with Crippen molar-refractivity contribution < 1.29 is 9.26 Å². The average molecular weight is 492 g/mol. The van der Waals surface area contributed by atoms with Crippen LogP contribution in [0.1, 0.15) is 19.8 Å². The Balaban J connectivity index is 1.71. The Labute approximate surface area is 205 Å². The molecule has 10 nitrogen and oxygen atoms in total. The monoisotopic (exact) mass is 491 g/mol. The number of allylic oxidation sites excluding steroid dienone is 1. The summed E-state index contributed by atoms with van der Waals surface area (Å²) >= 11 is 6.23. The molecule has 4 aromatic rings. The van der Waals surface area contributed by atoms with Crippen LogP contribution in [0.25, 0.3) is 33.8 Å². The van der Waals surface area contributed by atoms with Gasteiger partial charge in [0.05, 0.1) is 35.0 Å². The van der Waals surface area contributed by atoms with E-state index >= 15 is 0 Å². The fourth-order valence-corrected chi connectivity index (χ4v) is 4.36. The van der Waals surface area contributed by atoms with E-state index in [9.17, 15) is 4.79 Å². The highest BCUT2D eigenvalue weighted by Gasteiger charge is 2.31. The van der Waals surface area contributed by atoms with Crippen molar-refractivity contribution >= 4 is 28.6 Å². The topological polar surface area (TPSA) is 115 Å². The fraction of sp³-hybridized carbons (Fsp3) is 0.292. The molecular weight excluding hydrogens is 470 g/mol. The summed E-state index contributed by atoms with van der Waals surface area (Å²) in [6.07, 6.45) is 12.8. The lowest BCUT2D eigenvalue weighted by Crippen LogP contribution is -2.49. The van der Waals surface area contributed by atoms with E-state index in [-0.39, 0.29) is 18.0 Å². The molecule has 0 amide bonds. The molecule has 35 heavy (non-hydrogen) atoms. The lowest BCUT2D eigenvalue weighted by molar-refractivity contribution is 0.0177. The number of H-pyrrole nitrogens is 1. The Morgan fingerprint density at radius 2 is 2.23 bits per heavy atom. The summed E-state index contributed by atoms with van der Waals surface area (Å²) in [6.45, 7) is 7.05. The van der Waals surface area contributed by atoms with Gasteiger partial charge in [-0.3, -0.25) is 14.5 Å². The van der Waals surface area contributed by atoms with Crippen LogP contribution in [0.15, 0.2) is 46.5 Å². The van der Waals surface area contributed by atoms with Gasteiger partial charge in [0.15, 0.2) is 0 Å². The number of aromatic nitrogens is 6. The van der Waals surface area contributed by atoms with Crippen molar-refractivity contribution in [1.29, 1.82) is 0 Å². The number of morpholine rings is 1. The highest BCUT2D eigenvalue weighted by atomic mass is 35.5. The summed E-state index contributed by atoms with van der Waals surface area (Å²) in [5.74, 6) is 0.0929. The third-order valence-electron chi connectivity index (χ3n) is 5.86. The Morgan fingerprint density at radius 1 is 1.37 bits per heavy atom. The third-order valence-corrected chi connectivity index (χ3v) is 6.07. The molecule has 2 unspecified atom stereocenters. The Morgan fingerprint density at radius 3 is 2.94 bits per heavy atom. The van der Waals surface area contributed by atoms with Crippen LogP contribution in [0.5, 0.6) is 0 Å². The number of ether oxygens (including phenoxy) is 1. The Kier molecular flexibility index (Phi) is 6.11. The first kappa shape index (κ1) is 22.8.